The second-order valence-corrected chi connectivity index (χ2v) is 10.4. The molecule has 0 unspecified atom stereocenters. The van der Waals surface area contributed by atoms with E-state index in [1.807, 2.05) is 6.08 Å². The van der Waals surface area contributed by atoms with E-state index in [4.69, 9.17) is 4.74 Å². The van der Waals surface area contributed by atoms with Gasteiger partial charge in [-0.3, -0.25) is 4.40 Å². The number of hydrogen-bond acceptors (Lipinski definition) is 7. The highest BCUT2D eigenvalue weighted by atomic mass is 32.2. The first-order valence-corrected chi connectivity index (χ1v) is 12.2. The van der Waals surface area contributed by atoms with Gasteiger partial charge in [0.05, 0.1) is 10.8 Å². The molecule has 2 aromatic heterocycles. The van der Waals surface area contributed by atoms with Gasteiger partial charge >= 0.3 is 0 Å². The van der Waals surface area contributed by atoms with Gasteiger partial charge in [-0.2, -0.15) is 4.39 Å². The van der Waals surface area contributed by atoms with Crippen LogP contribution >= 0.6 is 0 Å². The molecule has 11 heteroatoms. The van der Waals surface area contributed by atoms with Gasteiger partial charge < -0.3 is 10.1 Å². The van der Waals surface area contributed by atoms with Crippen molar-refractivity contribution >= 4 is 27.0 Å². The quantitative estimate of drug-likeness (QED) is 0.453. The summed E-state index contributed by atoms with van der Waals surface area (Å²) in [5.74, 6) is 1.63. The van der Waals surface area contributed by atoms with E-state index in [1.165, 1.54) is 25.4 Å². The summed E-state index contributed by atoms with van der Waals surface area (Å²) in [4.78, 5) is 4.42. The van der Waals surface area contributed by atoms with Crippen molar-refractivity contribution in [1.82, 2.24) is 19.6 Å². The van der Waals surface area contributed by atoms with Crippen LogP contribution in [0.1, 0.15) is 29.5 Å². The Morgan fingerprint density at radius 1 is 1.17 bits per heavy atom. The van der Waals surface area contributed by atoms with E-state index in [9.17, 15) is 17.2 Å². The number of sulfone groups is 1. The molecule has 2 aliphatic heterocycles. The van der Waals surface area contributed by atoms with Crippen LogP contribution in [0.2, 0.25) is 0 Å². The van der Waals surface area contributed by atoms with E-state index in [0.29, 0.717) is 39.6 Å². The van der Waals surface area contributed by atoms with Gasteiger partial charge in [0.25, 0.3) is 0 Å². The summed E-state index contributed by atoms with van der Waals surface area (Å²) in [5.41, 5.74) is 3.37. The Hall–Kier alpha value is -4.12. The maximum Gasteiger partial charge on any atom is 0.234 e. The average Bonchev–Trinajstić information content (AvgIpc) is 3.20. The van der Waals surface area contributed by atoms with Crippen molar-refractivity contribution in [2.75, 3.05) is 5.32 Å². The highest BCUT2D eigenvalue weighted by Crippen LogP contribution is 2.53. The summed E-state index contributed by atoms with van der Waals surface area (Å²) in [7, 11) is -4.10. The summed E-state index contributed by atoms with van der Waals surface area (Å²) in [6.45, 7) is 1.61. The maximum atomic E-state index is 14.7. The standard InChI is InChI=1S/C24H15F2N5O3S/c1-11-13-6-12(2-5-20(13)35(32,33)22(11)26)15-8-27-24(31-10-29-30-23(15)31)28-9-16-17(25)3-4-18-21(16)14-7-19(14)34-18/h2-8,10,14H,9H2,1H3,(H,27,28)/t14-/m0/s1. The second-order valence-electron chi connectivity index (χ2n) is 8.57. The molecule has 1 atom stereocenters. The minimum Gasteiger partial charge on any atom is -0.461 e. The number of aromatic nitrogens is 4. The first-order valence-electron chi connectivity index (χ1n) is 10.7. The van der Waals surface area contributed by atoms with Gasteiger partial charge in [0, 0.05) is 40.6 Å². The van der Waals surface area contributed by atoms with Crippen molar-refractivity contribution in [3.8, 4) is 16.9 Å². The highest BCUT2D eigenvalue weighted by molar-refractivity contribution is 7.95. The van der Waals surface area contributed by atoms with E-state index in [0.717, 1.165) is 11.3 Å². The van der Waals surface area contributed by atoms with Gasteiger partial charge in [0.15, 0.2) is 5.65 Å². The van der Waals surface area contributed by atoms with Crippen molar-refractivity contribution in [3.05, 3.63) is 82.4 Å². The van der Waals surface area contributed by atoms with Crippen LogP contribution in [0.3, 0.4) is 0 Å². The van der Waals surface area contributed by atoms with Crippen LogP contribution in [-0.2, 0) is 16.4 Å². The topological polar surface area (TPSA) is 98.5 Å². The zero-order chi connectivity index (χ0) is 24.1. The summed E-state index contributed by atoms with van der Waals surface area (Å²) < 4.78 is 60.7. The van der Waals surface area contributed by atoms with E-state index in [1.54, 1.807) is 28.8 Å². The Kier molecular flexibility index (Phi) is 3.89. The molecule has 174 valence electrons. The second kappa shape index (κ2) is 6.72. The fourth-order valence-corrected chi connectivity index (χ4v) is 6.20. The minimum absolute atomic E-state index is 0.0359. The predicted octanol–water partition coefficient (Wildman–Crippen LogP) is 4.36. The van der Waals surface area contributed by atoms with Crippen molar-refractivity contribution in [2.45, 2.75) is 24.3 Å². The lowest BCUT2D eigenvalue weighted by Crippen LogP contribution is -2.10. The molecule has 4 heterocycles. The third-order valence-corrected chi connectivity index (χ3v) is 8.31. The number of fused-ring (bicyclic) bond motifs is 5. The van der Waals surface area contributed by atoms with E-state index in [-0.39, 0.29) is 28.7 Å². The van der Waals surface area contributed by atoms with Crippen molar-refractivity contribution in [1.29, 1.82) is 0 Å². The summed E-state index contributed by atoms with van der Waals surface area (Å²) in [6, 6.07) is 7.60. The lowest BCUT2D eigenvalue weighted by atomic mass is 10.0. The van der Waals surface area contributed by atoms with Gasteiger partial charge in [-0.05, 0) is 42.8 Å². The molecule has 1 aliphatic carbocycles. The molecule has 0 saturated heterocycles. The van der Waals surface area contributed by atoms with Crippen LogP contribution in [0.15, 0.2) is 64.7 Å². The number of anilines is 1. The molecule has 0 bridgehead atoms. The highest BCUT2D eigenvalue weighted by Gasteiger charge is 2.41. The number of hydrogen-bond donors (Lipinski definition) is 1. The molecule has 8 nitrogen and oxygen atoms in total. The number of nitrogens with zero attached hydrogens (tertiary/aromatic N) is 4. The average molecular weight is 491 g/mol. The van der Waals surface area contributed by atoms with E-state index >= 15 is 0 Å². The monoisotopic (exact) mass is 491 g/mol. The Labute approximate surface area is 197 Å². The lowest BCUT2D eigenvalue weighted by molar-refractivity contribution is 0.466. The number of ether oxygens (including phenoxy) is 1. The third kappa shape index (κ3) is 2.75. The van der Waals surface area contributed by atoms with Crippen molar-refractivity contribution < 1.29 is 21.9 Å². The van der Waals surface area contributed by atoms with Gasteiger partial charge in [0.1, 0.15) is 23.7 Å². The number of nitrogens with one attached hydrogen (secondary N) is 1. The molecule has 0 amide bonds. The molecule has 4 aromatic rings. The fraction of sp³-hybridized carbons (Fsp3) is 0.125. The van der Waals surface area contributed by atoms with Gasteiger partial charge in [-0.15, -0.1) is 10.2 Å². The molecule has 7 rings (SSSR count). The first-order chi connectivity index (χ1) is 16.8. The molecule has 0 fully saturated rings. The predicted molar refractivity (Wildman–Crippen MR) is 122 cm³/mol. The number of benzene rings is 2. The van der Waals surface area contributed by atoms with Crippen LogP contribution in [0.4, 0.5) is 14.7 Å². The number of halogens is 2. The Balaban J connectivity index is 1.25. The van der Waals surface area contributed by atoms with Crippen molar-refractivity contribution in [2.24, 2.45) is 0 Å². The van der Waals surface area contributed by atoms with E-state index < -0.39 is 15.0 Å². The Morgan fingerprint density at radius 2 is 2.03 bits per heavy atom. The zero-order valence-corrected chi connectivity index (χ0v) is 18.9. The van der Waals surface area contributed by atoms with Crippen LogP contribution in [0, 0.1) is 5.82 Å². The molecule has 2 aromatic carbocycles. The normalized spacial score (nSPS) is 18.7. The first kappa shape index (κ1) is 20.3. The summed E-state index contributed by atoms with van der Waals surface area (Å²) in [5, 5.41) is 10.2. The molecule has 0 saturated carbocycles. The Bertz CT molecular complexity index is 1790. The zero-order valence-electron chi connectivity index (χ0n) is 18.1. The largest absolute Gasteiger partial charge is 0.461 e. The molecule has 3 aliphatic rings. The van der Waals surface area contributed by atoms with Crippen LogP contribution in [0.25, 0.3) is 22.3 Å². The molecule has 1 N–H and O–H groups in total. The van der Waals surface area contributed by atoms with Crippen molar-refractivity contribution in [3.63, 3.8) is 0 Å². The SMILES string of the molecule is CC1=C(F)S(=O)(=O)c2ccc(-c3cnc(NCc4c(F)ccc5c4[C@H]4C=C4O5)n4cnnc34)cc21. The third-order valence-electron chi connectivity index (χ3n) is 6.60. The minimum atomic E-state index is -4.10. The molecular formula is C24H15F2N5O3S. The van der Waals surface area contributed by atoms with Crippen LogP contribution in [0.5, 0.6) is 5.75 Å². The molecule has 0 radical (unpaired) electrons. The number of allylic oxidation sites excluding steroid dienone is 3. The maximum absolute atomic E-state index is 14.7. The summed E-state index contributed by atoms with van der Waals surface area (Å²) >= 11 is 0. The lowest BCUT2D eigenvalue weighted by Gasteiger charge is -2.13. The molecule has 35 heavy (non-hydrogen) atoms. The number of rotatable bonds is 4. The van der Waals surface area contributed by atoms with E-state index in [2.05, 4.69) is 20.5 Å². The van der Waals surface area contributed by atoms with Crippen LogP contribution in [-0.4, -0.2) is 28.0 Å². The van der Waals surface area contributed by atoms with Gasteiger partial charge in [-0.1, -0.05) is 6.07 Å². The van der Waals surface area contributed by atoms with Gasteiger partial charge in [0.2, 0.25) is 20.9 Å². The van der Waals surface area contributed by atoms with Gasteiger partial charge in [-0.25, -0.2) is 17.8 Å². The summed E-state index contributed by atoms with van der Waals surface area (Å²) in [6.07, 6.45) is 5.00. The Morgan fingerprint density at radius 3 is 2.89 bits per heavy atom. The molecular weight excluding hydrogens is 476 g/mol. The molecule has 0 spiro atoms. The van der Waals surface area contributed by atoms with Crippen LogP contribution < -0.4 is 10.1 Å². The smallest absolute Gasteiger partial charge is 0.234 e. The fourth-order valence-electron chi connectivity index (χ4n) is 4.74.